The number of amides is 3. The first-order valence-corrected chi connectivity index (χ1v) is 20.1. The Labute approximate surface area is 286 Å². The largest absolute Gasteiger partial charge is 0.356 e. The maximum Gasteiger partial charge on any atom is 0.219 e. The van der Waals surface area contributed by atoms with E-state index in [4.69, 9.17) is 0 Å². The Morgan fingerprint density at radius 2 is 0.587 bits per heavy atom. The van der Waals surface area contributed by atoms with Crippen LogP contribution < -0.4 is 16.0 Å². The van der Waals surface area contributed by atoms with Gasteiger partial charge in [-0.25, -0.2) is 0 Å². The maximum atomic E-state index is 12.3. The molecule has 7 heteroatoms. The number of carbonyl (C=O) groups is 3. The van der Waals surface area contributed by atoms with Crippen LogP contribution in [0.2, 0.25) is 0 Å². The van der Waals surface area contributed by atoms with Crippen LogP contribution in [0.15, 0.2) is 0 Å². The third kappa shape index (κ3) is 33.7. The molecule has 0 saturated carbocycles. The third-order valence-electron chi connectivity index (χ3n) is 8.94. The molecule has 0 aliphatic rings. The van der Waals surface area contributed by atoms with Gasteiger partial charge in [0.15, 0.2) is 0 Å². The average molecular weight is 651 g/mol. The fourth-order valence-corrected chi connectivity index (χ4v) is 5.92. The molecule has 46 heavy (non-hydrogen) atoms. The Balaban J connectivity index is 4.25. The predicted octanol–water partition coefficient (Wildman–Crippen LogP) is 9.23. The summed E-state index contributed by atoms with van der Waals surface area (Å²) in [6, 6.07) is 0. The van der Waals surface area contributed by atoms with E-state index in [1.807, 2.05) is 0 Å². The Hall–Kier alpha value is -1.63. The van der Waals surface area contributed by atoms with Gasteiger partial charge in [-0.2, -0.15) is 0 Å². The number of unbranched alkanes of at least 4 members (excludes halogenated alkanes) is 18. The molecular weight excluding hydrogens is 572 g/mol. The molecule has 0 rings (SSSR count). The summed E-state index contributed by atoms with van der Waals surface area (Å²) in [6.07, 6.45) is 30.3. The SMILES string of the molecule is CCCCCCCCCC(=O)NCCCN(CCCNC(=O)CCCCCCCCC)CCCNC(=O)CCCCCCCCC. The summed E-state index contributed by atoms with van der Waals surface area (Å²) in [4.78, 5) is 39.2. The van der Waals surface area contributed by atoms with Gasteiger partial charge in [-0.1, -0.05) is 136 Å². The number of carbonyl (C=O) groups excluding carboxylic acids is 3. The summed E-state index contributed by atoms with van der Waals surface area (Å²) in [7, 11) is 0. The lowest BCUT2D eigenvalue weighted by atomic mass is 10.1. The van der Waals surface area contributed by atoms with Crippen LogP contribution in [0, 0.1) is 0 Å². The van der Waals surface area contributed by atoms with E-state index in [1.54, 1.807) is 0 Å². The second-order valence-electron chi connectivity index (χ2n) is 13.6. The maximum absolute atomic E-state index is 12.3. The molecule has 0 aromatic heterocycles. The van der Waals surface area contributed by atoms with Crippen molar-refractivity contribution in [1.82, 2.24) is 20.9 Å². The molecule has 272 valence electrons. The van der Waals surface area contributed by atoms with Gasteiger partial charge in [0.25, 0.3) is 0 Å². The average Bonchev–Trinajstić information content (AvgIpc) is 3.05. The quantitative estimate of drug-likeness (QED) is 0.0590. The zero-order valence-corrected chi connectivity index (χ0v) is 31.0. The van der Waals surface area contributed by atoms with Crippen LogP contribution in [0.1, 0.15) is 194 Å². The summed E-state index contributed by atoms with van der Waals surface area (Å²) in [6.45, 7) is 11.6. The van der Waals surface area contributed by atoms with Crippen LogP contribution in [-0.2, 0) is 14.4 Å². The summed E-state index contributed by atoms with van der Waals surface area (Å²) in [5.74, 6) is 0.521. The highest BCUT2D eigenvalue weighted by Gasteiger charge is 2.08. The van der Waals surface area contributed by atoms with Crippen LogP contribution in [-0.4, -0.2) is 61.9 Å². The van der Waals surface area contributed by atoms with Crippen molar-refractivity contribution in [3.8, 4) is 0 Å². The van der Waals surface area contributed by atoms with Gasteiger partial charge in [0, 0.05) is 38.9 Å². The molecular formula is C39H78N4O3. The molecule has 0 aromatic rings. The van der Waals surface area contributed by atoms with Crippen molar-refractivity contribution in [3.05, 3.63) is 0 Å². The predicted molar refractivity (Wildman–Crippen MR) is 197 cm³/mol. The number of nitrogens with zero attached hydrogens (tertiary/aromatic N) is 1. The second kappa shape index (κ2) is 36.2. The van der Waals surface area contributed by atoms with Crippen LogP contribution in [0.5, 0.6) is 0 Å². The highest BCUT2D eigenvalue weighted by molar-refractivity contribution is 5.76. The first-order chi connectivity index (χ1) is 22.5. The van der Waals surface area contributed by atoms with Gasteiger partial charge in [0.05, 0.1) is 0 Å². The fourth-order valence-electron chi connectivity index (χ4n) is 5.92. The molecule has 7 nitrogen and oxygen atoms in total. The van der Waals surface area contributed by atoms with Crippen molar-refractivity contribution < 1.29 is 14.4 Å². The summed E-state index contributed by atoms with van der Waals surface area (Å²) in [5.41, 5.74) is 0. The fraction of sp³-hybridized carbons (Fsp3) is 0.923. The van der Waals surface area contributed by atoms with Crippen molar-refractivity contribution in [2.45, 2.75) is 194 Å². The van der Waals surface area contributed by atoms with E-state index in [0.717, 1.165) is 77.4 Å². The molecule has 0 unspecified atom stereocenters. The van der Waals surface area contributed by atoms with Crippen molar-refractivity contribution in [2.24, 2.45) is 0 Å². The number of nitrogens with one attached hydrogen (secondary N) is 3. The van der Waals surface area contributed by atoms with Crippen LogP contribution in [0.3, 0.4) is 0 Å². The highest BCUT2D eigenvalue weighted by Crippen LogP contribution is 2.10. The first kappa shape index (κ1) is 44.4. The highest BCUT2D eigenvalue weighted by atomic mass is 16.2. The Bertz CT molecular complexity index is 598. The Morgan fingerprint density at radius 1 is 0.348 bits per heavy atom. The molecule has 3 amide bonds. The topological polar surface area (TPSA) is 90.5 Å². The lowest BCUT2D eigenvalue weighted by Crippen LogP contribution is -2.35. The van der Waals surface area contributed by atoms with Crippen LogP contribution >= 0.6 is 0 Å². The van der Waals surface area contributed by atoms with Crippen LogP contribution in [0.4, 0.5) is 0 Å². The van der Waals surface area contributed by atoms with E-state index in [9.17, 15) is 14.4 Å². The summed E-state index contributed by atoms with van der Waals surface area (Å²) in [5, 5.41) is 9.33. The number of hydrogen-bond acceptors (Lipinski definition) is 4. The van der Waals surface area contributed by atoms with Crippen molar-refractivity contribution >= 4 is 17.7 Å². The molecule has 0 aliphatic heterocycles. The molecule has 0 spiro atoms. The minimum absolute atomic E-state index is 0.174. The van der Waals surface area contributed by atoms with Gasteiger partial charge in [-0.05, 0) is 58.2 Å². The van der Waals surface area contributed by atoms with Gasteiger partial charge in [0.1, 0.15) is 0 Å². The Kier molecular flexibility index (Phi) is 34.9. The second-order valence-corrected chi connectivity index (χ2v) is 13.6. The zero-order valence-electron chi connectivity index (χ0n) is 31.0. The van der Waals surface area contributed by atoms with E-state index in [0.29, 0.717) is 38.9 Å². The summed E-state index contributed by atoms with van der Waals surface area (Å²) >= 11 is 0. The summed E-state index contributed by atoms with van der Waals surface area (Å²) < 4.78 is 0. The molecule has 0 aliphatic carbocycles. The lowest BCUT2D eigenvalue weighted by molar-refractivity contribution is -0.122. The van der Waals surface area contributed by atoms with Gasteiger partial charge >= 0.3 is 0 Å². The van der Waals surface area contributed by atoms with Crippen molar-refractivity contribution in [2.75, 3.05) is 39.3 Å². The van der Waals surface area contributed by atoms with Crippen molar-refractivity contribution in [3.63, 3.8) is 0 Å². The van der Waals surface area contributed by atoms with Gasteiger partial charge in [-0.3, -0.25) is 14.4 Å². The molecule has 0 radical (unpaired) electrons. The molecule has 0 aromatic carbocycles. The molecule has 0 bridgehead atoms. The molecule has 0 fully saturated rings. The van der Waals surface area contributed by atoms with Crippen molar-refractivity contribution in [1.29, 1.82) is 0 Å². The van der Waals surface area contributed by atoms with E-state index in [1.165, 1.54) is 96.3 Å². The van der Waals surface area contributed by atoms with Gasteiger partial charge < -0.3 is 20.9 Å². The van der Waals surface area contributed by atoms with Gasteiger partial charge in [0.2, 0.25) is 17.7 Å². The minimum Gasteiger partial charge on any atom is -0.356 e. The molecule has 3 N–H and O–H groups in total. The van der Waals surface area contributed by atoms with E-state index in [2.05, 4.69) is 41.6 Å². The molecule has 0 saturated heterocycles. The van der Waals surface area contributed by atoms with Crippen LogP contribution in [0.25, 0.3) is 0 Å². The number of rotatable bonds is 36. The third-order valence-corrected chi connectivity index (χ3v) is 8.94. The molecule has 0 atom stereocenters. The number of hydrogen-bond donors (Lipinski definition) is 3. The smallest absolute Gasteiger partial charge is 0.219 e. The normalized spacial score (nSPS) is 11.2. The standard InChI is InChI=1S/C39H78N4O3/c1-4-7-10-13-16-19-22-28-37(44)40-31-25-34-43(35-26-32-41-38(45)29-23-20-17-14-11-8-5-2)36-27-33-42-39(46)30-24-21-18-15-12-9-6-3/h4-36H2,1-3H3,(H,40,44)(H,41,45)(H,42,46). The monoisotopic (exact) mass is 651 g/mol. The Morgan fingerprint density at radius 3 is 0.848 bits per heavy atom. The lowest BCUT2D eigenvalue weighted by Gasteiger charge is -2.22. The zero-order chi connectivity index (χ0) is 33.8. The molecule has 0 heterocycles. The minimum atomic E-state index is 0.174. The van der Waals surface area contributed by atoms with Gasteiger partial charge in [-0.15, -0.1) is 0 Å². The van der Waals surface area contributed by atoms with E-state index >= 15 is 0 Å². The van der Waals surface area contributed by atoms with E-state index in [-0.39, 0.29) is 17.7 Å². The van der Waals surface area contributed by atoms with E-state index < -0.39 is 0 Å². The first-order valence-electron chi connectivity index (χ1n) is 20.1.